The molecule has 0 fully saturated rings. The molecule has 0 heterocycles. The number of primary amides is 1. The molecule has 0 aliphatic heterocycles. The Bertz CT molecular complexity index is 401. The molecule has 1 aromatic rings. The molecule has 0 saturated heterocycles. The van der Waals surface area contributed by atoms with Crippen molar-refractivity contribution in [2.75, 3.05) is 13.6 Å². The molecule has 0 unspecified atom stereocenters. The molecule has 0 radical (unpaired) electrons. The van der Waals surface area contributed by atoms with Crippen LogP contribution in [-0.2, 0) is 11.3 Å². The van der Waals surface area contributed by atoms with E-state index in [1.807, 2.05) is 0 Å². The summed E-state index contributed by atoms with van der Waals surface area (Å²) in [5.74, 6) is -0.449. The van der Waals surface area contributed by atoms with Gasteiger partial charge in [-0.1, -0.05) is 12.1 Å². The van der Waals surface area contributed by atoms with Gasteiger partial charge in [0.05, 0.1) is 0 Å². The standard InChI is InChI=1S/C12H17N3O2/c1-15(11(16)6-7-13)8-9-2-4-10(5-3-9)12(14)17/h2-5H,6-8,13H2,1H3,(H2,14,17). The summed E-state index contributed by atoms with van der Waals surface area (Å²) in [7, 11) is 1.72. The van der Waals surface area contributed by atoms with E-state index < -0.39 is 5.91 Å². The van der Waals surface area contributed by atoms with Crippen LogP contribution < -0.4 is 11.5 Å². The third-order valence-electron chi connectivity index (χ3n) is 2.44. The van der Waals surface area contributed by atoms with E-state index in [1.54, 1.807) is 36.2 Å². The van der Waals surface area contributed by atoms with Gasteiger partial charge < -0.3 is 16.4 Å². The van der Waals surface area contributed by atoms with Gasteiger partial charge in [0.25, 0.3) is 0 Å². The molecule has 1 rings (SSSR count). The van der Waals surface area contributed by atoms with Crippen molar-refractivity contribution in [3.63, 3.8) is 0 Å². The monoisotopic (exact) mass is 235 g/mol. The number of carbonyl (C=O) groups is 2. The summed E-state index contributed by atoms with van der Waals surface area (Å²) in [6.45, 7) is 0.849. The maximum absolute atomic E-state index is 11.5. The van der Waals surface area contributed by atoms with E-state index >= 15 is 0 Å². The fourth-order valence-corrected chi connectivity index (χ4v) is 1.45. The summed E-state index contributed by atoms with van der Waals surface area (Å²) in [5, 5.41) is 0. The summed E-state index contributed by atoms with van der Waals surface area (Å²) in [4.78, 5) is 24.0. The van der Waals surface area contributed by atoms with Crippen LogP contribution in [0.5, 0.6) is 0 Å². The first-order valence-electron chi connectivity index (χ1n) is 5.37. The van der Waals surface area contributed by atoms with Crippen molar-refractivity contribution in [2.45, 2.75) is 13.0 Å². The van der Waals surface area contributed by atoms with Gasteiger partial charge in [-0.2, -0.15) is 0 Å². The highest BCUT2D eigenvalue weighted by Crippen LogP contribution is 2.07. The molecular formula is C12H17N3O2. The second-order valence-corrected chi connectivity index (χ2v) is 3.85. The number of hydrogen-bond acceptors (Lipinski definition) is 3. The lowest BCUT2D eigenvalue weighted by Gasteiger charge is -2.16. The first-order valence-corrected chi connectivity index (χ1v) is 5.37. The molecule has 0 saturated carbocycles. The number of amides is 2. The third-order valence-corrected chi connectivity index (χ3v) is 2.44. The number of nitrogens with zero attached hydrogens (tertiary/aromatic N) is 1. The van der Waals surface area contributed by atoms with Gasteiger partial charge in [0.15, 0.2) is 0 Å². The highest BCUT2D eigenvalue weighted by molar-refractivity contribution is 5.92. The van der Waals surface area contributed by atoms with E-state index in [0.717, 1.165) is 5.56 Å². The fourth-order valence-electron chi connectivity index (χ4n) is 1.45. The van der Waals surface area contributed by atoms with E-state index in [0.29, 0.717) is 25.1 Å². The fraction of sp³-hybridized carbons (Fsp3) is 0.333. The molecule has 0 aliphatic carbocycles. The third kappa shape index (κ3) is 3.88. The number of nitrogens with two attached hydrogens (primary N) is 2. The van der Waals surface area contributed by atoms with Crippen molar-refractivity contribution < 1.29 is 9.59 Å². The minimum absolute atomic E-state index is 0.00600. The van der Waals surface area contributed by atoms with E-state index in [-0.39, 0.29) is 5.91 Å². The van der Waals surface area contributed by atoms with Crippen LogP contribution in [0, 0.1) is 0 Å². The Kier molecular flexibility index (Phi) is 4.66. The van der Waals surface area contributed by atoms with Crippen LogP contribution >= 0.6 is 0 Å². The molecule has 5 nitrogen and oxygen atoms in total. The van der Waals surface area contributed by atoms with E-state index in [2.05, 4.69) is 0 Å². The average Bonchev–Trinajstić information content (AvgIpc) is 2.30. The first kappa shape index (κ1) is 13.2. The largest absolute Gasteiger partial charge is 0.366 e. The second kappa shape index (κ2) is 6.00. The van der Waals surface area contributed by atoms with Gasteiger partial charge in [-0.3, -0.25) is 9.59 Å². The smallest absolute Gasteiger partial charge is 0.248 e. The van der Waals surface area contributed by atoms with Crippen molar-refractivity contribution in [1.82, 2.24) is 4.90 Å². The number of rotatable bonds is 5. The predicted octanol–water partition coefficient (Wildman–Crippen LogP) is 0.0927. The lowest BCUT2D eigenvalue weighted by Crippen LogP contribution is -2.27. The highest BCUT2D eigenvalue weighted by Gasteiger charge is 2.08. The van der Waals surface area contributed by atoms with Crippen LogP contribution in [-0.4, -0.2) is 30.3 Å². The summed E-state index contributed by atoms with van der Waals surface area (Å²) < 4.78 is 0. The van der Waals surface area contributed by atoms with Crippen molar-refractivity contribution in [3.8, 4) is 0 Å². The molecule has 0 aromatic heterocycles. The minimum atomic E-state index is -0.455. The van der Waals surface area contributed by atoms with Crippen LogP contribution in [0.1, 0.15) is 22.3 Å². The summed E-state index contributed by atoms with van der Waals surface area (Å²) in [6.07, 6.45) is 0.343. The van der Waals surface area contributed by atoms with E-state index in [9.17, 15) is 9.59 Å². The van der Waals surface area contributed by atoms with Gasteiger partial charge in [0, 0.05) is 32.1 Å². The molecule has 0 spiro atoms. The van der Waals surface area contributed by atoms with E-state index in [4.69, 9.17) is 11.5 Å². The van der Waals surface area contributed by atoms with E-state index in [1.165, 1.54) is 0 Å². The van der Waals surface area contributed by atoms with Crippen LogP contribution in [0.15, 0.2) is 24.3 Å². The Morgan fingerprint density at radius 2 is 1.82 bits per heavy atom. The van der Waals surface area contributed by atoms with Gasteiger partial charge >= 0.3 is 0 Å². The maximum Gasteiger partial charge on any atom is 0.248 e. The Hall–Kier alpha value is -1.88. The van der Waals surface area contributed by atoms with Crippen molar-refractivity contribution >= 4 is 11.8 Å². The molecule has 1 aromatic carbocycles. The summed E-state index contributed by atoms with van der Waals surface area (Å²) >= 11 is 0. The molecule has 0 atom stereocenters. The average molecular weight is 235 g/mol. The molecule has 0 bridgehead atoms. The number of benzene rings is 1. The Morgan fingerprint density at radius 3 is 2.29 bits per heavy atom. The van der Waals surface area contributed by atoms with Gasteiger partial charge in [-0.05, 0) is 17.7 Å². The Morgan fingerprint density at radius 1 is 1.24 bits per heavy atom. The summed E-state index contributed by atoms with van der Waals surface area (Å²) in [6, 6.07) is 6.87. The maximum atomic E-state index is 11.5. The molecule has 0 aliphatic rings. The van der Waals surface area contributed by atoms with Gasteiger partial charge in [-0.25, -0.2) is 0 Å². The topological polar surface area (TPSA) is 89.4 Å². The van der Waals surface area contributed by atoms with Crippen molar-refractivity contribution in [2.24, 2.45) is 11.5 Å². The minimum Gasteiger partial charge on any atom is -0.366 e. The lowest BCUT2D eigenvalue weighted by molar-refractivity contribution is -0.130. The number of carbonyl (C=O) groups excluding carboxylic acids is 2. The molecular weight excluding hydrogens is 218 g/mol. The normalized spacial score (nSPS) is 10.0. The zero-order valence-corrected chi connectivity index (χ0v) is 9.85. The number of hydrogen-bond donors (Lipinski definition) is 2. The predicted molar refractivity (Wildman–Crippen MR) is 65.1 cm³/mol. The SMILES string of the molecule is CN(Cc1ccc(C(N)=O)cc1)C(=O)CCN. The Labute approximate surface area is 100 Å². The molecule has 17 heavy (non-hydrogen) atoms. The van der Waals surface area contributed by atoms with Crippen molar-refractivity contribution in [1.29, 1.82) is 0 Å². The van der Waals surface area contributed by atoms with Gasteiger partial charge in [0.1, 0.15) is 0 Å². The highest BCUT2D eigenvalue weighted by atomic mass is 16.2. The van der Waals surface area contributed by atoms with Crippen LogP contribution in [0.3, 0.4) is 0 Å². The summed E-state index contributed by atoms with van der Waals surface area (Å²) in [5.41, 5.74) is 11.9. The molecule has 92 valence electrons. The van der Waals surface area contributed by atoms with Crippen LogP contribution in [0.25, 0.3) is 0 Å². The lowest BCUT2D eigenvalue weighted by atomic mass is 10.1. The second-order valence-electron chi connectivity index (χ2n) is 3.85. The first-order chi connectivity index (χ1) is 8.04. The van der Waals surface area contributed by atoms with Crippen LogP contribution in [0.2, 0.25) is 0 Å². The zero-order chi connectivity index (χ0) is 12.8. The van der Waals surface area contributed by atoms with Gasteiger partial charge in [-0.15, -0.1) is 0 Å². The zero-order valence-electron chi connectivity index (χ0n) is 9.85. The Balaban J connectivity index is 2.63. The van der Waals surface area contributed by atoms with Crippen LogP contribution in [0.4, 0.5) is 0 Å². The quantitative estimate of drug-likeness (QED) is 0.758. The van der Waals surface area contributed by atoms with Gasteiger partial charge in [0.2, 0.25) is 11.8 Å². The van der Waals surface area contributed by atoms with Crippen molar-refractivity contribution in [3.05, 3.63) is 35.4 Å². The molecule has 2 amide bonds. The molecule has 5 heteroatoms. The molecule has 4 N–H and O–H groups in total.